The normalized spacial score (nSPS) is 17.3. The van der Waals surface area contributed by atoms with E-state index in [-0.39, 0.29) is 29.2 Å². The van der Waals surface area contributed by atoms with E-state index in [1.54, 1.807) is 6.92 Å². The molecule has 4 nitrogen and oxygen atoms in total. The van der Waals surface area contributed by atoms with Crippen LogP contribution >= 0.6 is 11.6 Å². The number of amides is 1. The summed E-state index contributed by atoms with van der Waals surface area (Å²) in [5.41, 5.74) is 0.344. The number of carbonyl (C=O) groups excluding carboxylic acids is 1. The zero-order valence-electron chi connectivity index (χ0n) is 9.38. The Labute approximate surface area is 107 Å². The van der Waals surface area contributed by atoms with Gasteiger partial charge in [0.25, 0.3) is 0 Å². The van der Waals surface area contributed by atoms with Gasteiger partial charge in [-0.25, -0.2) is 0 Å². The van der Waals surface area contributed by atoms with Crippen LogP contribution in [0.3, 0.4) is 0 Å². The number of carbonyl (C=O) groups is 1. The first-order valence-electron chi connectivity index (χ1n) is 5.18. The maximum Gasteiger partial charge on any atom is 0.586 e. The van der Waals surface area contributed by atoms with Crippen LogP contribution in [0.4, 0.5) is 14.5 Å². The summed E-state index contributed by atoms with van der Waals surface area (Å²) in [7, 11) is 0. The van der Waals surface area contributed by atoms with E-state index in [9.17, 15) is 13.6 Å². The van der Waals surface area contributed by atoms with E-state index in [0.29, 0.717) is 5.69 Å². The number of anilines is 1. The molecular formula is C11H10ClF2NO3. The highest BCUT2D eigenvalue weighted by molar-refractivity contribution is 6.19. The first-order valence-corrected chi connectivity index (χ1v) is 5.71. The Kier molecular flexibility index (Phi) is 3.30. The molecule has 0 radical (unpaired) electrons. The number of nitrogens with one attached hydrogen (secondary N) is 1. The molecule has 1 unspecified atom stereocenters. The van der Waals surface area contributed by atoms with Gasteiger partial charge in [-0.3, -0.25) is 4.79 Å². The summed E-state index contributed by atoms with van der Waals surface area (Å²) in [6.45, 7) is 1.66. The summed E-state index contributed by atoms with van der Waals surface area (Å²) >= 11 is 5.54. The van der Waals surface area contributed by atoms with Crippen LogP contribution in [-0.2, 0) is 4.79 Å². The Morgan fingerprint density at radius 1 is 1.44 bits per heavy atom. The number of halogens is 3. The lowest BCUT2D eigenvalue weighted by molar-refractivity contribution is -0.286. The summed E-state index contributed by atoms with van der Waals surface area (Å²) in [6.07, 6.45) is -3.66. The van der Waals surface area contributed by atoms with Crippen molar-refractivity contribution in [1.82, 2.24) is 0 Å². The van der Waals surface area contributed by atoms with Crippen LogP contribution in [0.5, 0.6) is 11.5 Å². The maximum absolute atomic E-state index is 12.8. The average molecular weight is 278 g/mol. The molecule has 98 valence electrons. The maximum atomic E-state index is 12.8. The van der Waals surface area contributed by atoms with Crippen molar-refractivity contribution in [2.24, 2.45) is 5.92 Å². The lowest BCUT2D eigenvalue weighted by atomic mass is 10.2. The number of rotatable bonds is 3. The van der Waals surface area contributed by atoms with Crippen molar-refractivity contribution in [3.63, 3.8) is 0 Å². The molecule has 2 rings (SSSR count). The first kappa shape index (κ1) is 12.9. The van der Waals surface area contributed by atoms with E-state index in [2.05, 4.69) is 14.8 Å². The average Bonchev–Trinajstić information content (AvgIpc) is 2.61. The molecule has 0 saturated heterocycles. The molecule has 1 atom stereocenters. The van der Waals surface area contributed by atoms with Gasteiger partial charge in [-0.15, -0.1) is 20.4 Å². The molecule has 0 bridgehead atoms. The number of hydrogen-bond acceptors (Lipinski definition) is 3. The Balaban J connectivity index is 2.12. The Hall–Kier alpha value is -1.56. The van der Waals surface area contributed by atoms with Gasteiger partial charge in [-0.2, -0.15) is 0 Å². The minimum Gasteiger partial charge on any atom is -0.395 e. The standard InChI is InChI=1S/C11H10ClF2NO3/c1-6(5-12)10(16)15-7-2-3-8-9(4-7)18-11(13,14)17-8/h2-4,6H,5H2,1H3,(H,15,16). The van der Waals surface area contributed by atoms with Gasteiger partial charge in [-0.1, -0.05) is 6.92 Å². The summed E-state index contributed by atoms with van der Waals surface area (Å²) in [5.74, 6) is -0.678. The molecule has 1 amide bonds. The molecule has 7 heteroatoms. The quantitative estimate of drug-likeness (QED) is 0.864. The molecule has 0 fully saturated rings. The topological polar surface area (TPSA) is 47.6 Å². The van der Waals surface area contributed by atoms with Gasteiger partial charge >= 0.3 is 6.29 Å². The van der Waals surface area contributed by atoms with Crippen molar-refractivity contribution in [3.05, 3.63) is 18.2 Å². The van der Waals surface area contributed by atoms with Crippen LogP contribution in [0.1, 0.15) is 6.92 Å². The molecule has 1 aliphatic heterocycles. The molecule has 1 heterocycles. The van der Waals surface area contributed by atoms with Gasteiger partial charge in [0.15, 0.2) is 11.5 Å². The lowest BCUT2D eigenvalue weighted by Gasteiger charge is -2.09. The molecule has 1 N–H and O–H groups in total. The van der Waals surface area contributed by atoms with Gasteiger partial charge in [0.1, 0.15) is 0 Å². The number of fused-ring (bicyclic) bond motifs is 1. The number of benzene rings is 1. The smallest absolute Gasteiger partial charge is 0.395 e. The van der Waals surface area contributed by atoms with Crippen molar-refractivity contribution >= 4 is 23.2 Å². The second-order valence-corrected chi connectivity index (χ2v) is 4.18. The van der Waals surface area contributed by atoms with Crippen LogP contribution in [0.15, 0.2) is 18.2 Å². The third-order valence-corrected chi connectivity index (χ3v) is 2.81. The SMILES string of the molecule is CC(CCl)C(=O)Nc1ccc2c(c1)OC(F)(F)O2. The Bertz CT molecular complexity index is 481. The largest absolute Gasteiger partial charge is 0.586 e. The van der Waals surface area contributed by atoms with Gasteiger partial charge in [0.2, 0.25) is 5.91 Å². The number of alkyl halides is 3. The fourth-order valence-electron chi connectivity index (χ4n) is 1.36. The number of hydrogen-bond donors (Lipinski definition) is 1. The fraction of sp³-hybridized carbons (Fsp3) is 0.364. The van der Waals surface area contributed by atoms with Crippen molar-refractivity contribution in [3.8, 4) is 11.5 Å². The molecular weight excluding hydrogens is 268 g/mol. The summed E-state index contributed by atoms with van der Waals surface area (Å²) in [5, 5.41) is 2.55. The zero-order chi connectivity index (χ0) is 13.3. The summed E-state index contributed by atoms with van der Waals surface area (Å²) in [6, 6.07) is 4.02. The predicted octanol–water partition coefficient (Wildman–Crippen LogP) is 2.82. The van der Waals surface area contributed by atoms with E-state index in [4.69, 9.17) is 11.6 Å². The lowest BCUT2D eigenvalue weighted by Crippen LogP contribution is -2.25. The predicted molar refractivity (Wildman–Crippen MR) is 61.2 cm³/mol. The van der Waals surface area contributed by atoms with Crippen molar-refractivity contribution in [1.29, 1.82) is 0 Å². The van der Waals surface area contributed by atoms with Crippen LogP contribution in [0, 0.1) is 5.92 Å². The van der Waals surface area contributed by atoms with Crippen LogP contribution in [-0.4, -0.2) is 18.1 Å². The minimum atomic E-state index is -3.66. The van der Waals surface area contributed by atoms with Gasteiger partial charge in [0, 0.05) is 23.6 Å². The van der Waals surface area contributed by atoms with Crippen molar-refractivity contribution < 1.29 is 23.0 Å². The fourth-order valence-corrected chi connectivity index (χ4v) is 1.50. The molecule has 1 aromatic carbocycles. The molecule has 1 aromatic rings. The van der Waals surface area contributed by atoms with E-state index in [0.717, 1.165) is 0 Å². The molecule has 0 aliphatic carbocycles. The van der Waals surface area contributed by atoms with Gasteiger partial charge < -0.3 is 14.8 Å². The second-order valence-electron chi connectivity index (χ2n) is 3.87. The highest BCUT2D eigenvalue weighted by Crippen LogP contribution is 2.42. The molecule has 1 aliphatic rings. The van der Waals surface area contributed by atoms with Gasteiger partial charge in [-0.05, 0) is 12.1 Å². The second kappa shape index (κ2) is 4.61. The first-order chi connectivity index (χ1) is 8.41. The summed E-state index contributed by atoms with van der Waals surface area (Å²) < 4.78 is 34.0. The summed E-state index contributed by atoms with van der Waals surface area (Å²) in [4.78, 5) is 11.6. The molecule has 0 spiro atoms. The number of ether oxygens (including phenoxy) is 2. The third-order valence-electron chi connectivity index (χ3n) is 2.35. The van der Waals surface area contributed by atoms with E-state index < -0.39 is 6.29 Å². The molecule has 18 heavy (non-hydrogen) atoms. The zero-order valence-corrected chi connectivity index (χ0v) is 10.1. The highest BCUT2D eigenvalue weighted by atomic mass is 35.5. The highest BCUT2D eigenvalue weighted by Gasteiger charge is 2.43. The molecule has 0 aromatic heterocycles. The molecule has 0 saturated carbocycles. The Morgan fingerprint density at radius 3 is 2.78 bits per heavy atom. The van der Waals surface area contributed by atoms with Crippen molar-refractivity contribution in [2.45, 2.75) is 13.2 Å². The van der Waals surface area contributed by atoms with Crippen LogP contribution < -0.4 is 14.8 Å². The van der Waals surface area contributed by atoms with Crippen LogP contribution in [0.2, 0.25) is 0 Å². The minimum absolute atomic E-state index is 0.0663. The van der Waals surface area contributed by atoms with Crippen LogP contribution in [0.25, 0.3) is 0 Å². The van der Waals surface area contributed by atoms with E-state index in [1.165, 1.54) is 18.2 Å². The van der Waals surface area contributed by atoms with Crippen molar-refractivity contribution in [2.75, 3.05) is 11.2 Å². The van der Waals surface area contributed by atoms with E-state index >= 15 is 0 Å². The van der Waals surface area contributed by atoms with E-state index in [1.807, 2.05) is 0 Å². The third kappa shape index (κ3) is 2.64. The monoisotopic (exact) mass is 277 g/mol. The Morgan fingerprint density at radius 2 is 2.11 bits per heavy atom. The van der Waals surface area contributed by atoms with Gasteiger partial charge in [0.05, 0.1) is 0 Å².